The van der Waals surface area contributed by atoms with Crippen LogP contribution in [0.3, 0.4) is 0 Å². The number of thioether (sulfide) groups is 1. The van der Waals surface area contributed by atoms with Crippen LogP contribution in [0.4, 0.5) is 9.18 Å². The zero-order valence-corrected chi connectivity index (χ0v) is 15.2. The predicted molar refractivity (Wildman–Crippen MR) is 97.3 cm³/mol. The molecule has 0 aliphatic carbocycles. The molecule has 2 aromatic carbocycles. The average Bonchev–Trinajstić information content (AvgIpc) is 2.69. The minimum Gasteiger partial charge on any atom is -0.384 e. The van der Waals surface area contributed by atoms with E-state index < -0.39 is 29.1 Å². The molecular formula is C19H19FN2O3S. The summed E-state index contributed by atoms with van der Waals surface area (Å²) in [4.78, 5) is 27.7. The number of aliphatic hydroxyl groups is 1. The van der Waals surface area contributed by atoms with Crippen molar-refractivity contribution >= 4 is 23.7 Å². The highest BCUT2D eigenvalue weighted by atomic mass is 32.2. The normalized spacial score (nSPS) is 24.7. The molecule has 1 unspecified atom stereocenters. The number of carbonyl (C=O) groups excluding carboxylic acids is 2. The minimum absolute atomic E-state index is 0.276. The Morgan fingerprint density at radius 2 is 1.58 bits per heavy atom. The smallest absolute Gasteiger partial charge is 0.327 e. The van der Waals surface area contributed by atoms with Gasteiger partial charge in [0.05, 0.1) is 0 Å². The van der Waals surface area contributed by atoms with Crippen molar-refractivity contribution < 1.29 is 19.1 Å². The second kappa shape index (κ2) is 7.09. The number of benzene rings is 2. The number of nitrogens with zero attached hydrogens (tertiary/aromatic N) is 2. The predicted octanol–water partition coefficient (Wildman–Crippen LogP) is 3.07. The molecule has 26 heavy (non-hydrogen) atoms. The third kappa shape index (κ3) is 2.97. The maximum Gasteiger partial charge on any atom is 0.327 e. The van der Waals surface area contributed by atoms with E-state index in [0.29, 0.717) is 9.80 Å². The van der Waals surface area contributed by atoms with Crippen molar-refractivity contribution in [2.75, 3.05) is 14.1 Å². The van der Waals surface area contributed by atoms with Crippen molar-refractivity contribution in [3.63, 3.8) is 0 Å². The number of urea groups is 1. The lowest BCUT2D eigenvalue weighted by Crippen LogP contribution is -2.68. The second-order valence-electron chi connectivity index (χ2n) is 6.12. The molecular weight excluding hydrogens is 355 g/mol. The maximum atomic E-state index is 16.2. The van der Waals surface area contributed by atoms with E-state index in [1.807, 2.05) is 6.07 Å². The molecule has 1 heterocycles. The number of hydrogen-bond acceptors (Lipinski definition) is 4. The van der Waals surface area contributed by atoms with E-state index in [4.69, 9.17) is 0 Å². The molecule has 3 atom stereocenters. The van der Waals surface area contributed by atoms with Crippen molar-refractivity contribution in [2.45, 2.75) is 22.0 Å². The Hall–Kier alpha value is -2.38. The van der Waals surface area contributed by atoms with E-state index in [9.17, 15) is 14.7 Å². The largest absolute Gasteiger partial charge is 0.384 e. The third-order valence-corrected chi connectivity index (χ3v) is 5.86. The lowest BCUT2D eigenvalue weighted by molar-refractivity contribution is -0.157. The van der Waals surface area contributed by atoms with Gasteiger partial charge in [-0.2, -0.15) is 0 Å². The summed E-state index contributed by atoms with van der Waals surface area (Å²) >= 11 is 1.03. The Bertz CT molecular complexity index is 805. The molecule has 0 saturated carbocycles. The molecule has 0 spiro atoms. The maximum absolute atomic E-state index is 16.2. The topological polar surface area (TPSA) is 60.9 Å². The molecule has 0 radical (unpaired) electrons. The Labute approximate surface area is 155 Å². The van der Waals surface area contributed by atoms with Crippen molar-refractivity contribution in [1.29, 1.82) is 0 Å². The quantitative estimate of drug-likeness (QED) is 0.894. The number of alkyl halides is 1. The van der Waals surface area contributed by atoms with Gasteiger partial charge in [0.15, 0.2) is 0 Å². The monoisotopic (exact) mass is 374 g/mol. The first kappa shape index (κ1) is 18.4. The van der Waals surface area contributed by atoms with Gasteiger partial charge in [-0.1, -0.05) is 60.3 Å². The molecule has 1 N–H and O–H groups in total. The lowest BCUT2D eigenvalue weighted by Gasteiger charge is -2.46. The van der Waals surface area contributed by atoms with Gasteiger partial charge in [0.25, 0.3) is 5.91 Å². The van der Waals surface area contributed by atoms with Gasteiger partial charge in [0.1, 0.15) is 11.5 Å². The molecule has 0 aromatic heterocycles. The Kier molecular flexibility index (Phi) is 5.02. The highest BCUT2D eigenvalue weighted by molar-refractivity contribution is 8.00. The van der Waals surface area contributed by atoms with Crippen LogP contribution in [0.15, 0.2) is 65.6 Å². The average molecular weight is 374 g/mol. The summed E-state index contributed by atoms with van der Waals surface area (Å²) in [6.07, 6.45) is -1.71. The van der Waals surface area contributed by atoms with Crippen molar-refractivity contribution in [1.82, 2.24) is 9.80 Å². The Morgan fingerprint density at radius 1 is 1.04 bits per heavy atom. The van der Waals surface area contributed by atoms with E-state index in [-0.39, 0.29) is 5.56 Å². The standard InChI is InChI=1S/C19H19FN2O3S/c1-21-16(24)19(20,15(23)13-9-5-3-6-10-13)17(22(2)18(21)25)26-14-11-7-4-8-12-14/h3-12,15,17,23H,1-2H3/t15?,17-,19-/m0/s1. The van der Waals surface area contributed by atoms with Gasteiger partial charge in [-0.25, -0.2) is 9.18 Å². The molecule has 1 aliphatic rings. The van der Waals surface area contributed by atoms with Crippen LogP contribution < -0.4 is 0 Å². The first-order valence-corrected chi connectivity index (χ1v) is 8.94. The van der Waals surface area contributed by atoms with Crippen molar-refractivity contribution in [2.24, 2.45) is 0 Å². The molecule has 5 nitrogen and oxygen atoms in total. The molecule has 3 rings (SSSR count). The second-order valence-corrected chi connectivity index (χ2v) is 7.28. The van der Waals surface area contributed by atoms with Gasteiger partial charge < -0.3 is 10.0 Å². The fourth-order valence-corrected chi connectivity index (χ4v) is 4.21. The molecule has 3 amide bonds. The number of imide groups is 1. The van der Waals surface area contributed by atoms with Crippen molar-refractivity contribution in [3.8, 4) is 0 Å². The number of aliphatic hydroxyl groups excluding tert-OH is 1. The van der Waals surface area contributed by atoms with E-state index in [2.05, 4.69) is 0 Å². The molecule has 1 aliphatic heterocycles. The zero-order valence-electron chi connectivity index (χ0n) is 14.4. The van der Waals surface area contributed by atoms with Crippen LogP contribution in [0.1, 0.15) is 11.7 Å². The number of amides is 3. The van der Waals surface area contributed by atoms with E-state index in [1.165, 1.54) is 14.1 Å². The van der Waals surface area contributed by atoms with Crippen LogP contribution in [0.2, 0.25) is 0 Å². The van der Waals surface area contributed by atoms with Crippen LogP contribution in [-0.2, 0) is 4.79 Å². The van der Waals surface area contributed by atoms with Crippen LogP contribution >= 0.6 is 11.8 Å². The minimum atomic E-state index is -2.70. The highest BCUT2D eigenvalue weighted by Gasteiger charge is 2.61. The molecule has 2 aromatic rings. The van der Waals surface area contributed by atoms with Crippen LogP contribution in [0.5, 0.6) is 0 Å². The fourth-order valence-electron chi connectivity index (χ4n) is 2.99. The van der Waals surface area contributed by atoms with Crippen LogP contribution in [0.25, 0.3) is 0 Å². The Morgan fingerprint density at radius 3 is 2.15 bits per heavy atom. The number of halogens is 1. The summed E-state index contributed by atoms with van der Waals surface area (Å²) in [7, 11) is 2.65. The van der Waals surface area contributed by atoms with E-state index >= 15 is 4.39 Å². The van der Waals surface area contributed by atoms with Crippen molar-refractivity contribution in [3.05, 3.63) is 66.2 Å². The highest BCUT2D eigenvalue weighted by Crippen LogP contribution is 2.45. The first-order valence-electron chi connectivity index (χ1n) is 8.06. The van der Waals surface area contributed by atoms with Crippen LogP contribution in [0, 0.1) is 0 Å². The Balaban J connectivity index is 2.06. The fraction of sp³-hybridized carbons (Fsp3) is 0.263. The zero-order chi connectivity index (χ0) is 18.9. The molecule has 1 fully saturated rings. The summed E-state index contributed by atoms with van der Waals surface area (Å²) in [5.74, 6) is -1.05. The summed E-state index contributed by atoms with van der Waals surface area (Å²) in [5, 5.41) is 9.56. The van der Waals surface area contributed by atoms with Gasteiger partial charge in [0, 0.05) is 19.0 Å². The number of carbonyl (C=O) groups is 2. The first-order chi connectivity index (χ1) is 12.4. The van der Waals surface area contributed by atoms with Gasteiger partial charge in [0.2, 0.25) is 5.67 Å². The SMILES string of the molecule is CN1C(=O)N(C)[C@@H](Sc2ccccc2)[C@](F)(C(O)c2ccccc2)C1=O. The molecule has 136 valence electrons. The number of hydrogen-bond donors (Lipinski definition) is 1. The van der Waals surface area contributed by atoms with Gasteiger partial charge in [-0.05, 0) is 17.7 Å². The van der Waals surface area contributed by atoms with Gasteiger partial charge in [-0.15, -0.1) is 0 Å². The summed E-state index contributed by atoms with van der Waals surface area (Å²) in [6.45, 7) is 0. The third-order valence-electron chi connectivity index (χ3n) is 4.44. The summed E-state index contributed by atoms with van der Waals surface area (Å²) in [6, 6.07) is 16.5. The molecule has 7 heteroatoms. The molecule has 0 bridgehead atoms. The van der Waals surface area contributed by atoms with E-state index in [1.54, 1.807) is 54.6 Å². The van der Waals surface area contributed by atoms with Gasteiger partial charge >= 0.3 is 6.03 Å². The lowest BCUT2D eigenvalue weighted by atomic mass is 9.89. The summed E-state index contributed by atoms with van der Waals surface area (Å²) < 4.78 is 16.2. The van der Waals surface area contributed by atoms with Gasteiger partial charge in [-0.3, -0.25) is 9.69 Å². The number of rotatable bonds is 4. The summed E-state index contributed by atoms with van der Waals surface area (Å²) in [5.41, 5.74) is -2.42. The van der Waals surface area contributed by atoms with E-state index in [0.717, 1.165) is 16.7 Å². The molecule has 1 saturated heterocycles. The van der Waals surface area contributed by atoms with Crippen LogP contribution in [-0.4, -0.2) is 52.0 Å².